The standard InChI is InChI=1S/C25H21FN2O/c1-17-11-18(2)13-19(12-17)14-20-7-3-4-8-21(20)15-22(16-27)25(29)28-24-10-6-5-9-23(24)26/h3-13,15H,14H2,1-2H3,(H,28,29)/b22-15+. The molecule has 1 N–H and O–H groups in total. The van der Waals surface area contributed by atoms with Gasteiger partial charge in [0.25, 0.3) is 5.91 Å². The summed E-state index contributed by atoms with van der Waals surface area (Å²) in [4.78, 5) is 12.5. The number of carbonyl (C=O) groups excluding carboxylic acids is 1. The smallest absolute Gasteiger partial charge is 0.266 e. The molecule has 0 bridgehead atoms. The lowest BCUT2D eigenvalue weighted by Gasteiger charge is -2.10. The molecule has 0 radical (unpaired) electrons. The molecule has 1 amide bonds. The summed E-state index contributed by atoms with van der Waals surface area (Å²) < 4.78 is 13.8. The van der Waals surface area contributed by atoms with Crippen molar-refractivity contribution in [1.29, 1.82) is 5.26 Å². The average Bonchev–Trinajstić information content (AvgIpc) is 2.68. The van der Waals surface area contributed by atoms with Gasteiger partial charge in [-0.1, -0.05) is 65.7 Å². The van der Waals surface area contributed by atoms with E-state index in [9.17, 15) is 14.4 Å². The molecule has 3 rings (SSSR count). The molecular weight excluding hydrogens is 363 g/mol. The van der Waals surface area contributed by atoms with Gasteiger partial charge in [0, 0.05) is 0 Å². The number of hydrogen-bond acceptors (Lipinski definition) is 2. The summed E-state index contributed by atoms with van der Waals surface area (Å²) in [5.41, 5.74) is 5.29. The van der Waals surface area contributed by atoms with E-state index < -0.39 is 11.7 Å². The highest BCUT2D eigenvalue weighted by molar-refractivity contribution is 6.09. The third-order valence-electron chi connectivity index (χ3n) is 4.52. The molecule has 3 aromatic rings. The van der Waals surface area contributed by atoms with E-state index in [4.69, 9.17) is 0 Å². The Balaban J connectivity index is 1.89. The van der Waals surface area contributed by atoms with Crippen LogP contribution in [-0.2, 0) is 11.2 Å². The van der Waals surface area contributed by atoms with E-state index in [1.54, 1.807) is 12.1 Å². The van der Waals surface area contributed by atoms with Crippen molar-refractivity contribution in [3.8, 4) is 6.07 Å². The molecule has 29 heavy (non-hydrogen) atoms. The summed E-state index contributed by atoms with van der Waals surface area (Å²) in [5, 5.41) is 11.9. The Kier molecular flexibility index (Phi) is 6.21. The van der Waals surface area contributed by atoms with Gasteiger partial charge < -0.3 is 5.32 Å². The van der Waals surface area contributed by atoms with Crippen LogP contribution in [-0.4, -0.2) is 5.91 Å². The molecule has 0 fully saturated rings. The van der Waals surface area contributed by atoms with Crippen LogP contribution in [0.4, 0.5) is 10.1 Å². The minimum atomic E-state index is -0.640. The minimum Gasteiger partial charge on any atom is -0.319 e. The second-order valence-electron chi connectivity index (χ2n) is 6.98. The summed E-state index contributed by atoms with van der Waals surface area (Å²) in [7, 11) is 0. The minimum absolute atomic E-state index is 0.0437. The topological polar surface area (TPSA) is 52.9 Å². The summed E-state index contributed by atoms with van der Waals surface area (Å²) in [6.07, 6.45) is 2.23. The molecule has 0 atom stereocenters. The fourth-order valence-electron chi connectivity index (χ4n) is 3.28. The van der Waals surface area contributed by atoms with Gasteiger partial charge in [0.2, 0.25) is 0 Å². The van der Waals surface area contributed by atoms with E-state index in [0.29, 0.717) is 6.42 Å². The third kappa shape index (κ3) is 5.18. The van der Waals surface area contributed by atoms with Crippen molar-refractivity contribution >= 4 is 17.7 Å². The van der Waals surface area contributed by atoms with Gasteiger partial charge in [0.05, 0.1) is 5.69 Å². The summed E-state index contributed by atoms with van der Waals surface area (Å²) in [6, 6.07) is 21.8. The van der Waals surface area contributed by atoms with E-state index >= 15 is 0 Å². The van der Waals surface area contributed by atoms with Gasteiger partial charge in [0.15, 0.2) is 0 Å². The quantitative estimate of drug-likeness (QED) is 0.461. The van der Waals surface area contributed by atoms with Crippen molar-refractivity contribution < 1.29 is 9.18 Å². The number of carbonyl (C=O) groups is 1. The highest BCUT2D eigenvalue weighted by atomic mass is 19.1. The maximum atomic E-state index is 13.8. The molecule has 4 heteroatoms. The van der Waals surface area contributed by atoms with Crippen molar-refractivity contribution in [3.05, 3.63) is 106 Å². The Morgan fingerprint density at radius 1 is 1.03 bits per heavy atom. The predicted molar refractivity (Wildman–Crippen MR) is 114 cm³/mol. The number of anilines is 1. The molecule has 0 saturated carbocycles. The van der Waals surface area contributed by atoms with E-state index in [2.05, 4.69) is 37.4 Å². The van der Waals surface area contributed by atoms with Crippen LogP contribution in [0, 0.1) is 31.0 Å². The Labute approximate surface area is 170 Å². The van der Waals surface area contributed by atoms with Gasteiger partial charge in [-0.3, -0.25) is 4.79 Å². The number of halogens is 1. The number of hydrogen-bond donors (Lipinski definition) is 1. The highest BCUT2D eigenvalue weighted by Crippen LogP contribution is 2.20. The lowest BCUT2D eigenvalue weighted by Crippen LogP contribution is -2.14. The first-order valence-electron chi connectivity index (χ1n) is 9.29. The van der Waals surface area contributed by atoms with Crippen LogP contribution < -0.4 is 5.32 Å². The SMILES string of the molecule is Cc1cc(C)cc(Cc2ccccc2/C=C(\C#N)C(=O)Nc2ccccc2F)c1. The van der Waals surface area contributed by atoms with Gasteiger partial charge in [-0.2, -0.15) is 5.26 Å². The van der Waals surface area contributed by atoms with Crippen molar-refractivity contribution in [3.63, 3.8) is 0 Å². The predicted octanol–water partition coefficient (Wildman–Crippen LogP) is 5.58. The molecule has 0 saturated heterocycles. The van der Waals surface area contributed by atoms with Gasteiger partial charge in [-0.15, -0.1) is 0 Å². The first-order valence-corrected chi connectivity index (χ1v) is 9.29. The number of para-hydroxylation sites is 1. The van der Waals surface area contributed by atoms with Crippen LogP contribution in [0.5, 0.6) is 0 Å². The van der Waals surface area contributed by atoms with Crippen molar-refractivity contribution in [1.82, 2.24) is 0 Å². The zero-order chi connectivity index (χ0) is 20.8. The van der Waals surface area contributed by atoms with Gasteiger partial charge in [0.1, 0.15) is 17.5 Å². The van der Waals surface area contributed by atoms with Crippen molar-refractivity contribution in [2.75, 3.05) is 5.32 Å². The average molecular weight is 384 g/mol. The fraction of sp³-hybridized carbons (Fsp3) is 0.120. The van der Waals surface area contributed by atoms with E-state index in [0.717, 1.165) is 16.7 Å². The number of nitrogens with zero attached hydrogens (tertiary/aromatic N) is 1. The van der Waals surface area contributed by atoms with Crippen molar-refractivity contribution in [2.45, 2.75) is 20.3 Å². The monoisotopic (exact) mass is 384 g/mol. The fourth-order valence-corrected chi connectivity index (χ4v) is 3.28. The van der Waals surface area contributed by atoms with Gasteiger partial charge in [-0.25, -0.2) is 4.39 Å². The zero-order valence-corrected chi connectivity index (χ0v) is 16.4. The van der Waals surface area contributed by atoms with Crippen molar-refractivity contribution in [2.24, 2.45) is 0 Å². The first kappa shape index (κ1) is 20.0. The second-order valence-corrected chi connectivity index (χ2v) is 6.98. The molecule has 0 heterocycles. The Bertz CT molecular complexity index is 1110. The molecule has 3 nitrogen and oxygen atoms in total. The number of nitrogens with one attached hydrogen (secondary N) is 1. The second kappa shape index (κ2) is 8.99. The number of nitriles is 1. The Hall–Kier alpha value is -3.71. The molecule has 0 unspecified atom stereocenters. The molecule has 144 valence electrons. The van der Waals surface area contributed by atoms with Crippen LogP contribution in [0.3, 0.4) is 0 Å². The number of amides is 1. The maximum Gasteiger partial charge on any atom is 0.266 e. The lowest BCUT2D eigenvalue weighted by molar-refractivity contribution is -0.112. The Morgan fingerprint density at radius 3 is 2.38 bits per heavy atom. The Morgan fingerprint density at radius 2 is 1.69 bits per heavy atom. The molecule has 0 aliphatic carbocycles. The van der Waals surface area contributed by atoms with E-state index in [1.807, 2.05) is 30.3 Å². The summed E-state index contributed by atoms with van der Waals surface area (Å²) in [5.74, 6) is -1.19. The lowest BCUT2D eigenvalue weighted by atomic mass is 9.96. The van der Waals surface area contributed by atoms with Gasteiger partial charge >= 0.3 is 0 Å². The van der Waals surface area contributed by atoms with Crippen LogP contribution in [0.15, 0.2) is 72.3 Å². The third-order valence-corrected chi connectivity index (χ3v) is 4.52. The summed E-state index contributed by atoms with van der Waals surface area (Å²) in [6.45, 7) is 4.12. The van der Waals surface area contributed by atoms with E-state index in [-0.39, 0.29) is 11.3 Å². The van der Waals surface area contributed by atoms with Crippen LogP contribution >= 0.6 is 0 Å². The number of rotatable bonds is 5. The van der Waals surface area contributed by atoms with E-state index in [1.165, 1.54) is 29.3 Å². The molecule has 0 aliphatic rings. The molecule has 0 aliphatic heterocycles. The molecule has 0 aromatic heterocycles. The molecule has 0 spiro atoms. The van der Waals surface area contributed by atoms with Gasteiger partial charge in [-0.05, 0) is 55.2 Å². The maximum absolute atomic E-state index is 13.8. The number of aryl methyl sites for hydroxylation is 2. The number of benzene rings is 3. The highest BCUT2D eigenvalue weighted by Gasteiger charge is 2.13. The molecule has 3 aromatic carbocycles. The molecular formula is C25H21FN2O. The largest absolute Gasteiger partial charge is 0.319 e. The zero-order valence-electron chi connectivity index (χ0n) is 16.4. The first-order chi connectivity index (χ1) is 14.0. The van der Waals surface area contributed by atoms with Crippen LogP contribution in [0.2, 0.25) is 0 Å². The van der Waals surface area contributed by atoms with Crippen LogP contribution in [0.1, 0.15) is 27.8 Å². The summed E-state index contributed by atoms with van der Waals surface area (Å²) >= 11 is 0. The van der Waals surface area contributed by atoms with Crippen LogP contribution in [0.25, 0.3) is 6.08 Å². The normalized spacial score (nSPS) is 11.0.